The molecule has 0 spiro atoms. The van der Waals surface area contributed by atoms with Gasteiger partial charge < -0.3 is 9.47 Å². The Bertz CT molecular complexity index is 1600. The maximum Gasteiger partial charge on any atom is 0.118 e. The summed E-state index contributed by atoms with van der Waals surface area (Å²) in [6.45, 7) is 4.32. The zero-order valence-corrected chi connectivity index (χ0v) is 24.7. The van der Waals surface area contributed by atoms with Gasteiger partial charge in [-0.15, -0.1) is 11.3 Å². The summed E-state index contributed by atoms with van der Waals surface area (Å²) in [6, 6.07) is 33.3. The van der Waals surface area contributed by atoms with Crippen LogP contribution >= 0.6 is 11.3 Å². The van der Waals surface area contributed by atoms with Crippen molar-refractivity contribution in [2.24, 2.45) is 0 Å². The lowest BCUT2D eigenvalue weighted by atomic mass is 10.0. The number of rotatable bonds is 6. The number of hydrogen-bond acceptors (Lipinski definition) is 3. The minimum atomic E-state index is 0.819. The lowest BCUT2D eigenvalue weighted by Crippen LogP contribution is -1.87. The Morgan fingerprint density at radius 2 is 0.854 bits per heavy atom. The van der Waals surface area contributed by atoms with Crippen LogP contribution in [0.15, 0.2) is 97.1 Å². The number of aryl methyl sites for hydroxylation is 2. The van der Waals surface area contributed by atoms with Crippen molar-refractivity contribution in [3.63, 3.8) is 0 Å². The van der Waals surface area contributed by atoms with Crippen LogP contribution < -0.4 is 9.47 Å². The van der Waals surface area contributed by atoms with Gasteiger partial charge in [0.1, 0.15) is 11.5 Å². The molecule has 0 saturated heterocycles. The van der Waals surface area contributed by atoms with Crippen LogP contribution in [0.25, 0.3) is 20.9 Å². The van der Waals surface area contributed by atoms with Gasteiger partial charge in [0.25, 0.3) is 0 Å². The van der Waals surface area contributed by atoms with Crippen LogP contribution in [0.3, 0.4) is 0 Å². The van der Waals surface area contributed by atoms with Crippen LogP contribution in [-0.4, -0.2) is 14.2 Å². The average Bonchev–Trinajstić information content (AvgIpc) is 3.41. The third kappa shape index (κ3) is 6.55. The summed E-state index contributed by atoms with van der Waals surface area (Å²) in [7, 11) is 3.37. The molecular formula is C38H32O2S. The molecule has 0 amide bonds. The summed E-state index contributed by atoms with van der Waals surface area (Å²) < 4.78 is 10.8. The average molecular weight is 553 g/mol. The molecule has 0 fully saturated rings. The number of ether oxygens (including phenoxy) is 2. The SMILES string of the molecule is CCc1ccc(C#Cc2c(-c3ccc(OC)cc3)sc(-c3ccc(OC)cc3)c2C#Cc2ccc(CC)cc2)cc1. The Hall–Kier alpha value is -4.70. The van der Waals surface area contributed by atoms with Gasteiger partial charge in [0.05, 0.1) is 35.1 Å². The topological polar surface area (TPSA) is 18.5 Å². The van der Waals surface area contributed by atoms with E-state index >= 15 is 0 Å². The van der Waals surface area contributed by atoms with E-state index in [-0.39, 0.29) is 0 Å². The molecule has 5 aromatic rings. The molecule has 0 radical (unpaired) electrons. The molecule has 0 atom stereocenters. The maximum atomic E-state index is 5.42. The standard InChI is InChI=1S/C38H32O2S/c1-5-27-7-11-29(12-8-27)15-25-35-36(26-16-30-13-9-28(6-2)10-14-30)38(32-19-23-34(40-4)24-20-32)41-37(35)31-17-21-33(39-3)22-18-31/h7-14,17-24H,5-6H2,1-4H3. The first-order valence-electron chi connectivity index (χ1n) is 13.8. The maximum absolute atomic E-state index is 5.42. The highest BCUT2D eigenvalue weighted by molar-refractivity contribution is 7.19. The molecule has 4 aromatic carbocycles. The normalized spacial score (nSPS) is 10.2. The number of methoxy groups -OCH3 is 2. The van der Waals surface area contributed by atoms with Crippen LogP contribution in [-0.2, 0) is 12.8 Å². The van der Waals surface area contributed by atoms with Gasteiger partial charge in [-0.3, -0.25) is 0 Å². The van der Waals surface area contributed by atoms with E-state index < -0.39 is 0 Å². The van der Waals surface area contributed by atoms with Crippen molar-refractivity contribution in [2.75, 3.05) is 14.2 Å². The van der Waals surface area contributed by atoms with E-state index in [4.69, 9.17) is 9.47 Å². The minimum absolute atomic E-state index is 0.819. The van der Waals surface area contributed by atoms with Crippen LogP contribution in [0.1, 0.15) is 47.2 Å². The lowest BCUT2D eigenvalue weighted by Gasteiger charge is -2.03. The molecule has 5 rings (SSSR count). The van der Waals surface area contributed by atoms with E-state index in [9.17, 15) is 0 Å². The highest BCUT2D eigenvalue weighted by Gasteiger charge is 2.19. The van der Waals surface area contributed by atoms with E-state index in [2.05, 4.69) is 110 Å². The molecule has 0 saturated carbocycles. The molecule has 0 aliphatic rings. The summed E-state index contributed by atoms with van der Waals surface area (Å²) >= 11 is 1.72. The monoisotopic (exact) mass is 552 g/mol. The second-order valence-electron chi connectivity index (χ2n) is 9.57. The third-order valence-corrected chi connectivity index (χ3v) is 8.29. The van der Waals surface area contributed by atoms with Gasteiger partial charge in [0.15, 0.2) is 0 Å². The van der Waals surface area contributed by atoms with E-state index in [0.717, 1.165) is 67.5 Å². The fourth-order valence-electron chi connectivity index (χ4n) is 4.48. The summed E-state index contributed by atoms with van der Waals surface area (Å²) in [5.41, 5.74) is 8.59. The van der Waals surface area contributed by atoms with Crippen molar-refractivity contribution < 1.29 is 9.47 Å². The van der Waals surface area contributed by atoms with E-state index in [1.165, 1.54) is 11.1 Å². The van der Waals surface area contributed by atoms with Gasteiger partial charge in [0.2, 0.25) is 0 Å². The molecule has 0 unspecified atom stereocenters. The lowest BCUT2D eigenvalue weighted by molar-refractivity contribution is 0.415. The minimum Gasteiger partial charge on any atom is -0.497 e. The van der Waals surface area contributed by atoms with Crippen molar-refractivity contribution >= 4 is 11.3 Å². The van der Waals surface area contributed by atoms with Gasteiger partial charge in [-0.2, -0.15) is 0 Å². The van der Waals surface area contributed by atoms with Crippen molar-refractivity contribution in [2.45, 2.75) is 26.7 Å². The van der Waals surface area contributed by atoms with Gasteiger partial charge in [0, 0.05) is 11.1 Å². The molecular weight excluding hydrogens is 520 g/mol. The Kier molecular flexibility index (Phi) is 8.90. The van der Waals surface area contributed by atoms with Crippen LogP contribution in [0.4, 0.5) is 0 Å². The second-order valence-corrected chi connectivity index (χ2v) is 10.6. The quantitative estimate of drug-likeness (QED) is 0.196. The largest absolute Gasteiger partial charge is 0.497 e. The first-order chi connectivity index (χ1) is 20.1. The molecule has 1 aromatic heterocycles. The molecule has 0 aliphatic carbocycles. The van der Waals surface area contributed by atoms with Crippen molar-refractivity contribution in [3.05, 3.63) is 130 Å². The van der Waals surface area contributed by atoms with Gasteiger partial charge >= 0.3 is 0 Å². The van der Waals surface area contributed by atoms with Gasteiger partial charge in [-0.1, -0.05) is 61.8 Å². The predicted molar refractivity (Wildman–Crippen MR) is 172 cm³/mol. The van der Waals surface area contributed by atoms with E-state index in [1.54, 1.807) is 25.6 Å². The number of benzene rings is 4. The highest BCUT2D eigenvalue weighted by atomic mass is 32.1. The molecule has 202 valence electrons. The van der Waals surface area contributed by atoms with Crippen LogP contribution in [0.5, 0.6) is 11.5 Å². The van der Waals surface area contributed by atoms with E-state index in [1.807, 2.05) is 24.3 Å². The number of hydrogen-bond donors (Lipinski definition) is 0. The summed E-state index contributed by atoms with van der Waals surface area (Å²) in [5.74, 6) is 15.6. The Morgan fingerprint density at radius 1 is 0.488 bits per heavy atom. The van der Waals surface area contributed by atoms with Crippen molar-refractivity contribution in [1.82, 2.24) is 0 Å². The first kappa shape index (κ1) is 27.9. The first-order valence-corrected chi connectivity index (χ1v) is 14.6. The predicted octanol–water partition coefficient (Wildman–Crippen LogP) is 9.02. The van der Waals surface area contributed by atoms with Crippen molar-refractivity contribution in [3.8, 4) is 56.1 Å². The van der Waals surface area contributed by atoms with Gasteiger partial charge in [-0.25, -0.2) is 0 Å². The second kappa shape index (κ2) is 13.1. The zero-order valence-electron chi connectivity index (χ0n) is 23.9. The highest BCUT2D eigenvalue weighted by Crippen LogP contribution is 2.42. The Balaban J connectivity index is 1.72. The van der Waals surface area contributed by atoms with Crippen LogP contribution in [0, 0.1) is 23.7 Å². The summed E-state index contributed by atoms with van der Waals surface area (Å²) in [5, 5.41) is 0. The molecule has 0 bridgehead atoms. The van der Waals surface area contributed by atoms with E-state index in [0.29, 0.717) is 0 Å². The van der Waals surface area contributed by atoms with Gasteiger partial charge in [-0.05, 0) is 108 Å². The molecule has 0 aliphatic heterocycles. The Labute approximate surface area is 247 Å². The molecule has 41 heavy (non-hydrogen) atoms. The third-order valence-electron chi connectivity index (χ3n) is 7.00. The molecule has 3 heteroatoms. The van der Waals surface area contributed by atoms with Crippen LogP contribution in [0.2, 0.25) is 0 Å². The number of thiophene rings is 1. The van der Waals surface area contributed by atoms with Crippen molar-refractivity contribution in [1.29, 1.82) is 0 Å². The zero-order chi connectivity index (χ0) is 28.6. The molecule has 2 nitrogen and oxygen atoms in total. The smallest absolute Gasteiger partial charge is 0.118 e. The Morgan fingerprint density at radius 3 is 1.17 bits per heavy atom. The molecule has 1 heterocycles. The fraction of sp³-hybridized carbons (Fsp3) is 0.158. The summed E-state index contributed by atoms with van der Waals surface area (Å²) in [6.07, 6.45) is 2.01. The molecule has 0 N–H and O–H groups in total. The summed E-state index contributed by atoms with van der Waals surface area (Å²) in [4.78, 5) is 2.17. The fourth-order valence-corrected chi connectivity index (χ4v) is 5.70.